The molecule has 1 amide bonds. The quantitative estimate of drug-likeness (QED) is 0.822. The van der Waals surface area contributed by atoms with Crippen LogP contribution in [0.3, 0.4) is 0 Å². The highest BCUT2D eigenvalue weighted by Crippen LogP contribution is 2.11. The molecule has 0 aliphatic heterocycles. The molecule has 2 N–H and O–H groups in total. The summed E-state index contributed by atoms with van der Waals surface area (Å²) in [5.41, 5.74) is 1.52. The van der Waals surface area contributed by atoms with E-state index >= 15 is 0 Å². The average Bonchev–Trinajstić information content (AvgIpc) is 2.87. The summed E-state index contributed by atoms with van der Waals surface area (Å²) < 4.78 is 1.55. The van der Waals surface area contributed by atoms with E-state index in [0.717, 1.165) is 5.69 Å². The molecule has 1 aromatic heterocycles. The molecule has 2 aromatic rings. The second-order valence-electron chi connectivity index (χ2n) is 4.60. The molecule has 0 fully saturated rings. The van der Waals surface area contributed by atoms with Crippen molar-refractivity contribution < 1.29 is 14.7 Å². The van der Waals surface area contributed by atoms with E-state index in [9.17, 15) is 9.59 Å². The van der Waals surface area contributed by atoms with Crippen molar-refractivity contribution in [2.75, 3.05) is 6.54 Å². The Balaban J connectivity index is 2.13. The zero-order valence-corrected chi connectivity index (χ0v) is 11.8. The highest BCUT2D eigenvalue weighted by molar-refractivity contribution is 5.96. The fourth-order valence-corrected chi connectivity index (χ4v) is 1.75. The van der Waals surface area contributed by atoms with E-state index < -0.39 is 17.8 Å². The van der Waals surface area contributed by atoms with Crippen LogP contribution < -0.4 is 5.32 Å². The van der Waals surface area contributed by atoms with Gasteiger partial charge in [0.1, 0.15) is 6.10 Å². The Morgan fingerprint density at radius 2 is 2.00 bits per heavy atom. The number of benzene rings is 1. The van der Waals surface area contributed by atoms with Gasteiger partial charge < -0.3 is 10.4 Å². The van der Waals surface area contributed by atoms with Crippen molar-refractivity contribution in [1.29, 1.82) is 0 Å². The number of amides is 1. The fourth-order valence-electron chi connectivity index (χ4n) is 1.75. The van der Waals surface area contributed by atoms with E-state index in [0.29, 0.717) is 5.69 Å². The van der Waals surface area contributed by atoms with Crippen LogP contribution in [0.1, 0.15) is 23.1 Å². The molecule has 0 saturated carbocycles. The largest absolute Gasteiger partial charge is 0.386 e. The van der Waals surface area contributed by atoms with E-state index in [2.05, 4.69) is 15.6 Å². The summed E-state index contributed by atoms with van der Waals surface area (Å²) in [5, 5.41) is 19.3. The van der Waals surface area contributed by atoms with Crippen molar-refractivity contribution in [1.82, 2.24) is 20.3 Å². The van der Waals surface area contributed by atoms with Crippen LogP contribution in [0.4, 0.5) is 0 Å². The van der Waals surface area contributed by atoms with Crippen molar-refractivity contribution in [2.24, 2.45) is 0 Å². The van der Waals surface area contributed by atoms with Crippen LogP contribution in [0.2, 0.25) is 0 Å². The molecule has 1 unspecified atom stereocenters. The summed E-state index contributed by atoms with van der Waals surface area (Å²) >= 11 is 0. The first-order valence-corrected chi connectivity index (χ1v) is 6.47. The van der Waals surface area contributed by atoms with Crippen molar-refractivity contribution in [2.45, 2.75) is 20.0 Å². The number of carbonyl (C=O) groups is 2. The van der Waals surface area contributed by atoms with Gasteiger partial charge >= 0.3 is 0 Å². The van der Waals surface area contributed by atoms with Crippen LogP contribution >= 0.6 is 0 Å². The number of carbonyl (C=O) groups excluding carboxylic acids is 2. The minimum atomic E-state index is -1.11. The third kappa shape index (κ3) is 3.32. The van der Waals surface area contributed by atoms with Gasteiger partial charge in [0.05, 0.1) is 17.9 Å². The van der Waals surface area contributed by atoms with Crippen LogP contribution in [0.25, 0.3) is 5.69 Å². The number of hydrogen-bond donors (Lipinski definition) is 2. The molecule has 0 saturated heterocycles. The number of aliphatic hydroxyl groups is 1. The van der Waals surface area contributed by atoms with Crippen LogP contribution in [-0.4, -0.2) is 44.4 Å². The summed E-state index contributed by atoms with van der Waals surface area (Å²) in [6, 6.07) is 9.29. The third-order valence-corrected chi connectivity index (χ3v) is 3.00. The molecule has 7 nitrogen and oxygen atoms in total. The zero-order valence-electron chi connectivity index (χ0n) is 11.8. The molecule has 1 atom stereocenters. The third-order valence-electron chi connectivity index (χ3n) is 3.00. The van der Waals surface area contributed by atoms with Crippen LogP contribution in [0.5, 0.6) is 0 Å². The molecule has 0 aliphatic rings. The first-order chi connectivity index (χ1) is 10.0. The van der Waals surface area contributed by atoms with Gasteiger partial charge in [-0.1, -0.05) is 23.4 Å². The Labute approximate surface area is 121 Å². The summed E-state index contributed by atoms with van der Waals surface area (Å²) in [6.45, 7) is 2.83. The second-order valence-corrected chi connectivity index (χ2v) is 4.60. The van der Waals surface area contributed by atoms with Gasteiger partial charge in [-0.2, -0.15) is 0 Å². The molecule has 1 heterocycles. The Morgan fingerprint density at radius 1 is 1.33 bits per heavy atom. The molecule has 1 aromatic carbocycles. The van der Waals surface area contributed by atoms with Gasteiger partial charge in [-0.25, -0.2) is 4.68 Å². The van der Waals surface area contributed by atoms with E-state index in [1.165, 1.54) is 6.92 Å². The molecule has 0 radical (unpaired) electrons. The Kier molecular flexibility index (Phi) is 4.44. The molecular weight excluding hydrogens is 272 g/mol. The van der Waals surface area contributed by atoms with Crippen molar-refractivity contribution in [3.8, 4) is 5.69 Å². The normalized spacial score (nSPS) is 12.0. The monoisotopic (exact) mass is 288 g/mol. The minimum absolute atomic E-state index is 0.150. The maximum Gasteiger partial charge on any atom is 0.274 e. The first-order valence-electron chi connectivity index (χ1n) is 6.47. The molecule has 0 aliphatic carbocycles. The van der Waals surface area contributed by atoms with Gasteiger partial charge in [0.25, 0.3) is 5.91 Å². The number of rotatable bonds is 5. The van der Waals surface area contributed by atoms with E-state index in [-0.39, 0.29) is 12.2 Å². The summed E-state index contributed by atoms with van der Waals surface area (Å²) in [7, 11) is 0. The van der Waals surface area contributed by atoms with Crippen LogP contribution in [-0.2, 0) is 4.79 Å². The van der Waals surface area contributed by atoms with Crippen molar-refractivity contribution in [3.05, 3.63) is 41.7 Å². The number of aromatic nitrogens is 3. The second kappa shape index (κ2) is 6.27. The number of aliphatic hydroxyl groups excluding tert-OH is 1. The van der Waals surface area contributed by atoms with Gasteiger partial charge in [0.2, 0.25) is 0 Å². The van der Waals surface area contributed by atoms with Gasteiger partial charge in [-0.05, 0) is 26.0 Å². The Morgan fingerprint density at radius 3 is 2.62 bits per heavy atom. The molecule has 21 heavy (non-hydrogen) atoms. The lowest BCUT2D eigenvalue weighted by Gasteiger charge is -2.05. The molecular formula is C14H16N4O3. The van der Waals surface area contributed by atoms with Crippen LogP contribution in [0.15, 0.2) is 30.3 Å². The van der Waals surface area contributed by atoms with Gasteiger partial charge in [0.15, 0.2) is 11.5 Å². The smallest absolute Gasteiger partial charge is 0.274 e. The maximum atomic E-state index is 12.0. The summed E-state index contributed by atoms with van der Waals surface area (Å²) in [4.78, 5) is 23.3. The van der Waals surface area contributed by atoms with E-state index in [1.54, 1.807) is 11.6 Å². The highest BCUT2D eigenvalue weighted by Gasteiger charge is 2.18. The lowest BCUT2D eigenvalue weighted by molar-refractivity contribution is -0.125. The molecule has 7 heteroatoms. The Hall–Kier alpha value is -2.54. The lowest BCUT2D eigenvalue weighted by atomic mass is 10.2. The average molecular weight is 288 g/mol. The van der Waals surface area contributed by atoms with Gasteiger partial charge in [-0.3, -0.25) is 9.59 Å². The Bertz CT molecular complexity index is 649. The van der Waals surface area contributed by atoms with E-state index in [4.69, 9.17) is 5.11 Å². The van der Waals surface area contributed by atoms with Gasteiger partial charge in [0, 0.05) is 0 Å². The van der Waals surface area contributed by atoms with Crippen LogP contribution in [0, 0.1) is 6.92 Å². The summed E-state index contributed by atoms with van der Waals surface area (Å²) in [6.07, 6.45) is -1.11. The maximum absolute atomic E-state index is 12.0. The molecule has 2 rings (SSSR count). The predicted molar refractivity (Wildman–Crippen MR) is 75.1 cm³/mol. The minimum Gasteiger partial charge on any atom is -0.386 e. The number of nitrogens with one attached hydrogen (secondary N) is 1. The van der Waals surface area contributed by atoms with Gasteiger partial charge in [-0.15, -0.1) is 5.10 Å². The topological polar surface area (TPSA) is 97.1 Å². The number of para-hydroxylation sites is 1. The fraction of sp³-hybridized carbons (Fsp3) is 0.286. The number of ketones is 1. The SMILES string of the molecule is Cc1c(C(=O)NCC(=O)C(C)O)nnn1-c1ccccc1. The highest BCUT2D eigenvalue weighted by atomic mass is 16.3. The zero-order chi connectivity index (χ0) is 15.4. The number of nitrogens with zero attached hydrogens (tertiary/aromatic N) is 3. The summed E-state index contributed by atoms with van der Waals surface area (Å²) in [5.74, 6) is -0.958. The number of Topliss-reactive ketones (excluding diaryl/α,β-unsaturated/α-hetero) is 1. The number of hydrogen-bond acceptors (Lipinski definition) is 5. The lowest BCUT2D eigenvalue weighted by Crippen LogP contribution is -2.34. The molecule has 0 bridgehead atoms. The van der Waals surface area contributed by atoms with Crippen molar-refractivity contribution in [3.63, 3.8) is 0 Å². The first kappa shape index (κ1) is 14.9. The van der Waals surface area contributed by atoms with E-state index in [1.807, 2.05) is 30.3 Å². The standard InChI is InChI=1S/C14H16N4O3/c1-9-13(14(21)15-8-12(20)10(2)19)16-17-18(9)11-6-4-3-5-7-11/h3-7,10,19H,8H2,1-2H3,(H,15,21). The molecule has 110 valence electrons. The predicted octanol–water partition coefficient (Wildman–Crippen LogP) is 0.255. The molecule has 0 spiro atoms. The van der Waals surface area contributed by atoms with Crippen molar-refractivity contribution >= 4 is 11.7 Å².